The zero-order valence-corrected chi connectivity index (χ0v) is 18.0. The van der Waals surface area contributed by atoms with Crippen molar-refractivity contribution in [3.63, 3.8) is 0 Å². The lowest BCUT2D eigenvalue weighted by Crippen LogP contribution is -2.33. The van der Waals surface area contributed by atoms with E-state index in [0.717, 1.165) is 5.56 Å². The quantitative estimate of drug-likeness (QED) is 0.605. The molecule has 0 bridgehead atoms. The summed E-state index contributed by atoms with van der Waals surface area (Å²) in [6.07, 6.45) is 1.69. The van der Waals surface area contributed by atoms with E-state index in [1.54, 1.807) is 18.7 Å². The summed E-state index contributed by atoms with van der Waals surface area (Å²) in [6.45, 7) is 0. The molecule has 1 aliphatic carbocycles. The average Bonchev–Trinajstić information content (AvgIpc) is 3.44. The molecule has 1 atom stereocenters. The lowest BCUT2D eigenvalue weighted by Gasteiger charge is -2.23. The van der Waals surface area contributed by atoms with Gasteiger partial charge in [0.15, 0.2) is 0 Å². The smallest absolute Gasteiger partial charge is 0.374 e. The van der Waals surface area contributed by atoms with Crippen LogP contribution in [0.3, 0.4) is 0 Å². The van der Waals surface area contributed by atoms with Crippen LogP contribution in [-0.2, 0) is 13.5 Å². The molecule has 31 heavy (non-hydrogen) atoms. The standard InChI is InChI=1S/C19H17Cl2FN6O3/c1-27(19(30)31-18-23-8-24-26-18)13-6-4-10-14(13)16(21)28(2)15(10)17(29)25-9-3-5-12(22)11(20)7-9/h3,5,7-8,13H,4,6H2,1-2H3,(H,25,29)(H,23,24,26). The third-order valence-electron chi connectivity index (χ3n) is 5.19. The Morgan fingerprint density at radius 2 is 2.16 bits per heavy atom. The molecule has 12 heteroatoms. The Kier molecular flexibility index (Phi) is 5.59. The second kappa shape index (κ2) is 8.20. The summed E-state index contributed by atoms with van der Waals surface area (Å²) in [4.78, 5) is 30.6. The van der Waals surface area contributed by atoms with Gasteiger partial charge in [-0.2, -0.15) is 10.1 Å². The van der Waals surface area contributed by atoms with Crippen LogP contribution in [0.15, 0.2) is 24.5 Å². The van der Waals surface area contributed by atoms with Crippen molar-refractivity contribution in [2.75, 3.05) is 12.4 Å². The molecule has 1 aromatic carbocycles. The number of H-pyrrole nitrogens is 1. The van der Waals surface area contributed by atoms with Crippen LogP contribution in [0.5, 0.6) is 6.01 Å². The van der Waals surface area contributed by atoms with Gasteiger partial charge in [0.05, 0.1) is 11.1 Å². The van der Waals surface area contributed by atoms with Crippen LogP contribution >= 0.6 is 23.2 Å². The molecular formula is C19H17Cl2FN6O3. The highest BCUT2D eigenvalue weighted by molar-refractivity contribution is 6.31. The van der Waals surface area contributed by atoms with E-state index in [4.69, 9.17) is 27.9 Å². The lowest BCUT2D eigenvalue weighted by atomic mass is 10.1. The summed E-state index contributed by atoms with van der Waals surface area (Å²) in [7, 11) is 3.25. The molecule has 0 fully saturated rings. The van der Waals surface area contributed by atoms with Crippen molar-refractivity contribution in [1.82, 2.24) is 24.6 Å². The number of nitrogens with zero attached hydrogens (tertiary/aromatic N) is 4. The number of carbonyl (C=O) groups excluding carboxylic acids is 2. The van der Waals surface area contributed by atoms with Crippen LogP contribution in [0.25, 0.3) is 0 Å². The van der Waals surface area contributed by atoms with Crippen LogP contribution in [0, 0.1) is 5.82 Å². The number of anilines is 1. The van der Waals surface area contributed by atoms with Gasteiger partial charge in [0.2, 0.25) is 0 Å². The Labute approximate surface area is 186 Å². The van der Waals surface area contributed by atoms with E-state index < -0.39 is 17.8 Å². The molecular weight excluding hydrogens is 450 g/mol. The SMILES string of the molecule is CN(C(=O)Oc1ncn[nH]1)C1CCc2c1c(Cl)n(C)c2C(=O)Nc1ccc(F)c(Cl)c1. The highest BCUT2D eigenvalue weighted by Gasteiger charge is 2.38. The summed E-state index contributed by atoms with van der Waals surface area (Å²) in [5.41, 5.74) is 2.13. The first kappa shape index (κ1) is 21.1. The molecule has 162 valence electrons. The number of rotatable bonds is 4. The highest BCUT2D eigenvalue weighted by atomic mass is 35.5. The average molecular weight is 467 g/mol. The number of carbonyl (C=O) groups is 2. The first-order chi connectivity index (χ1) is 14.8. The fourth-order valence-electron chi connectivity index (χ4n) is 3.72. The van der Waals surface area contributed by atoms with Gasteiger partial charge in [-0.15, -0.1) is 0 Å². The molecule has 1 aliphatic rings. The van der Waals surface area contributed by atoms with Gasteiger partial charge in [-0.05, 0) is 36.6 Å². The minimum absolute atomic E-state index is 0.0211. The minimum atomic E-state index is -0.638. The van der Waals surface area contributed by atoms with Gasteiger partial charge in [-0.25, -0.2) is 14.3 Å². The summed E-state index contributed by atoms with van der Waals surface area (Å²) in [6, 6.07) is 3.51. The molecule has 1 unspecified atom stereocenters. The van der Waals surface area contributed by atoms with Crippen LogP contribution in [0.2, 0.25) is 10.2 Å². The van der Waals surface area contributed by atoms with Crippen molar-refractivity contribution in [1.29, 1.82) is 0 Å². The number of ether oxygens (including phenoxy) is 1. The number of benzene rings is 1. The van der Waals surface area contributed by atoms with Crippen molar-refractivity contribution in [3.8, 4) is 6.01 Å². The molecule has 0 aliphatic heterocycles. The molecule has 0 saturated carbocycles. The number of amides is 2. The zero-order valence-electron chi connectivity index (χ0n) is 16.4. The first-order valence-corrected chi connectivity index (χ1v) is 9.96. The van der Waals surface area contributed by atoms with Crippen molar-refractivity contribution in [2.24, 2.45) is 7.05 Å². The first-order valence-electron chi connectivity index (χ1n) is 9.21. The summed E-state index contributed by atoms with van der Waals surface area (Å²) in [5.74, 6) is -0.994. The Bertz CT molecular complexity index is 1160. The molecule has 2 N–H and O–H groups in total. The molecule has 3 aromatic rings. The number of nitrogens with one attached hydrogen (secondary N) is 2. The van der Waals surface area contributed by atoms with Gasteiger partial charge in [0.25, 0.3) is 5.91 Å². The maximum absolute atomic E-state index is 13.4. The summed E-state index contributed by atoms with van der Waals surface area (Å²) < 4.78 is 20.1. The van der Waals surface area contributed by atoms with E-state index in [1.807, 2.05) is 0 Å². The molecule has 0 radical (unpaired) electrons. The van der Waals surface area contributed by atoms with Gasteiger partial charge < -0.3 is 19.5 Å². The summed E-state index contributed by atoms with van der Waals surface area (Å²) in [5, 5.41) is 9.05. The molecule has 0 spiro atoms. The Morgan fingerprint density at radius 1 is 1.39 bits per heavy atom. The number of hydrogen-bond acceptors (Lipinski definition) is 5. The van der Waals surface area contributed by atoms with Crippen LogP contribution < -0.4 is 10.1 Å². The molecule has 9 nitrogen and oxygen atoms in total. The summed E-state index contributed by atoms with van der Waals surface area (Å²) >= 11 is 12.3. The predicted molar refractivity (Wildman–Crippen MR) is 111 cm³/mol. The molecule has 2 amide bonds. The second-order valence-electron chi connectivity index (χ2n) is 7.00. The Morgan fingerprint density at radius 3 is 2.84 bits per heavy atom. The number of aromatic amines is 1. The van der Waals surface area contributed by atoms with E-state index in [9.17, 15) is 14.0 Å². The largest absolute Gasteiger partial charge is 0.417 e. The van der Waals surface area contributed by atoms with Gasteiger partial charge >= 0.3 is 12.1 Å². The van der Waals surface area contributed by atoms with Gasteiger partial charge in [-0.1, -0.05) is 23.2 Å². The van der Waals surface area contributed by atoms with Gasteiger partial charge in [0.1, 0.15) is 23.0 Å². The van der Waals surface area contributed by atoms with Gasteiger partial charge in [-0.3, -0.25) is 4.79 Å². The van der Waals surface area contributed by atoms with Crippen molar-refractivity contribution >= 4 is 40.9 Å². The van der Waals surface area contributed by atoms with Crippen LogP contribution in [-0.4, -0.2) is 43.7 Å². The molecule has 4 rings (SSSR count). The number of fused-ring (bicyclic) bond motifs is 1. The fraction of sp³-hybridized carbons (Fsp3) is 0.263. The maximum Gasteiger partial charge on any atom is 0.417 e. The zero-order chi connectivity index (χ0) is 22.3. The van der Waals surface area contributed by atoms with E-state index in [0.29, 0.717) is 34.9 Å². The third-order valence-corrected chi connectivity index (χ3v) is 5.94. The third kappa shape index (κ3) is 3.84. The maximum atomic E-state index is 13.4. The van der Waals surface area contributed by atoms with Crippen LogP contribution in [0.4, 0.5) is 14.9 Å². The van der Waals surface area contributed by atoms with Crippen molar-refractivity contribution in [3.05, 3.63) is 57.3 Å². The lowest BCUT2D eigenvalue weighted by molar-refractivity contribution is 0.101. The Balaban J connectivity index is 1.59. The van der Waals surface area contributed by atoms with E-state index in [2.05, 4.69) is 20.5 Å². The number of aromatic nitrogens is 4. The second-order valence-corrected chi connectivity index (χ2v) is 7.76. The Hall–Kier alpha value is -3.11. The fourth-order valence-corrected chi connectivity index (χ4v) is 4.22. The minimum Gasteiger partial charge on any atom is -0.374 e. The van der Waals surface area contributed by atoms with E-state index >= 15 is 0 Å². The van der Waals surface area contributed by atoms with Crippen LogP contribution in [0.1, 0.15) is 34.1 Å². The normalized spacial score (nSPS) is 14.9. The van der Waals surface area contributed by atoms with Crippen molar-refractivity contribution < 1.29 is 18.7 Å². The predicted octanol–water partition coefficient (Wildman–Crippen LogP) is 3.96. The van der Waals surface area contributed by atoms with E-state index in [1.165, 1.54) is 29.4 Å². The topological polar surface area (TPSA) is 105 Å². The van der Waals surface area contributed by atoms with Gasteiger partial charge in [0, 0.05) is 25.3 Å². The number of hydrogen-bond donors (Lipinski definition) is 2. The molecule has 2 aromatic heterocycles. The van der Waals surface area contributed by atoms with E-state index in [-0.39, 0.29) is 17.1 Å². The molecule has 2 heterocycles. The monoisotopic (exact) mass is 466 g/mol. The highest BCUT2D eigenvalue weighted by Crippen LogP contribution is 2.43. The number of halogens is 3. The van der Waals surface area contributed by atoms with Crippen molar-refractivity contribution in [2.45, 2.75) is 18.9 Å². The molecule has 0 saturated heterocycles.